The number of hydrogen-bond donors (Lipinski definition) is 1. The van der Waals surface area contributed by atoms with Crippen LogP contribution in [0.25, 0.3) is 0 Å². The van der Waals surface area contributed by atoms with Gasteiger partial charge >= 0.3 is 0 Å². The molecule has 1 rings (SSSR count). The SMILES string of the molecule is CCCC(CN)Cc1nnn(C)n1. The molecular weight excluding hydrogens is 166 g/mol. The molecule has 0 radical (unpaired) electrons. The fourth-order valence-corrected chi connectivity index (χ4v) is 1.37. The molecule has 0 aliphatic rings. The zero-order chi connectivity index (χ0) is 9.68. The molecule has 0 spiro atoms. The molecule has 5 nitrogen and oxygen atoms in total. The standard InChI is InChI=1S/C8H17N5/c1-3-4-7(6-9)5-8-10-12-13(2)11-8/h7H,3-6,9H2,1-2H3. The Morgan fingerprint density at radius 2 is 2.31 bits per heavy atom. The van der Waals surface area contributed by atoms with Gasteiger partial charge in [-0.05, 0) is 24.1 Å². The predicted octanol–water partition coefficient (Wildman–Crippen LogP) is 0.128. The topological polar surface area (TPSA) is 69.6 Å². The summed E-state index contributed by atoms with van der Waals surface area (Å²) in [6, 6.07) is 0. The Kier molecular flexibility index (Phi) is 3.82. The molecule has 1 aromatic rings. The Morgan fingerprint density at radius 3 is 2.77 bits per heavy atom. The van der Waals surface area contributed by atoms with Gasteiger partial charge in [-0.2, -0.15) is 4.80 Å². The Morgan fingerprint density at radius 1 is 1.54 bits per heavy atom. The molecule has 0 aliphatic carbocycles. The van der Waals surface area contributed by atoms with Crippen LogP contribution in [0, 0.1) is 5.92 Å². The van der Waals surface area contributed by atoms with Crippen LogP contribution in [0.5, 0.6) is 0 Å². The van der Waals surface area contributed by atoms with E-state index in [1.807, 2.05) is 0 Å². The zero-order valence-electron chi connectivity index (χ0n) is 8.27. The Labute approximate surface area is 78.3 Å². The van der Waals surface area contributed by atoms with Gasteiger partial charge in [0.1, 0.15) is 0 Å². The van der Waals surface area contributed by atoms with Crippen molar-refractivity contribution in [1.29, 1.82) is 0 Å². The van der Waals surface area contributed by atoms with Gasteiger partial charge in [0, 0.05) is 6.42 Å². The summed E-state index contributed by atoms with van der Waals surface area (Å²) in [7, 11) is 1.77. The Bertz CT molecular complexity index is 244. The Balaban J connectivity index is 2.46. The summed E-state index contributed by atoms with van der Waals surface area (Å²) in [4.78, 5) is 1.48. The number of nitrogens with zero attached hydrogens (tertiary/aromatic N) is 4. The average Bonchev–Trinajstić information content (AvgIpc) is 2.50. The van der Waals surface area contributed by atoms with E-state index in [9.17, 15) is 0 Å². The van der Waals surface area contributed by atoms with E-state index >= 15 is 0 Å². The van der Waals surface area contributed by atoms with Crippen molar-refractivity contribution in [3.8, 4) is 0 Å². The molecule has 0 bridgehead atoms. The summed E-state index contributed by atoms with van der Waals surface area (Å²) in [5, 5.41) is 11.8. The summed E-state index contributed by atoms with van der Waals surface area (Å²) < 4.78 is 0. The molecule has 0 aliphatic heterocycles. The monoisotopic (exact) mass is 183 g/mol. The van der Waals surface area contributed by atoms with Crippen molar-refractivity contribution >= 4 is 0 Å². The van der Waals surface area contributed by atoms with E-state index < -0.39 is 0 Å². The number of aryl methyl sites for hydroxylation is 1. The van der Waals surface area contributed by atoms with E-state index in [2.05, 4.69) is 22.3 Å². The second-order valence-electron chi connectivity index (χ2n) is 3.29. The fourth-order valence-electron chi connectivity index (χ4n) is 1.37. The number of nitrogens with two attached hydrogens (primary N) is 1. The largest absolute Gasteiger partial charge is 0.330 e. The zero-order valence-corrected chi connectivity index (χ0v) is 8.27. The lowest BCUT2D eigenvalue weighted by atomic mass is 10.00. The van der Waals surface area contributed by atoms with Crippen molar-refractivity contribution in [3.05, 3.63) is 5.82 Å². The lowest BCUT2D eigenvalue weighted by Crippen LogP contribution is -2.17. The highest BCUT2D eigenvalue weighted by Crippen LogP contribution is 2.08. The fraction of sp³-hybridized carbons (Fsp3) is 0.875. The summed E-state index contributed by atoms with van der Waals surface area (Å²) in [6.07, 6.45) is 3.13. The lowest BCUT2D eigenvalue weighted by Gasteiger charge is -2.09. The van der Waals surface area contributed by atoms with Gasteiger partial charge in [-0.25, -0.2) is 0 Å². The number of aromatic nitrogens is 4. The van der Waals surface area contributed by atoms with E-state index in [1.54, 1.807) is 7.05 Å². The average molecular weight is 183 g/mol. The maximum Gasteiger partial charge on any atom is 0.175 e. The minimum atomic E-state index is 0.495. The molecule has 0 saturated heterocycles. The molecule has 0 aromatic carbocycles. The molecule has 0 saturated carbocycles. The maximum atomic E-state index is 5.63. The van der Waals surface area contributed by atoms with Crippen molar-refractivity contribution in [2.75, 3.05) is 6.54 Å². The highest BCUT2D eigenvalue weighted by atomic mass is 15.6. The van der Waals surface area contributed by atoms with E-state index in [0.29, 0.717) is 12.5 Å². The first-order chi connectivity index (χ1) is 6.26. The molecule has 2 N–H and O–H groups in total. The van der Waals surface area contributed by atoms with Crippen LogP contribution >= 0.6 is 0 Å². The van der Waals surface area contributed by atoms with Gasteiger partial charge in [0.2, 0.25) is 0 Å². The summed E-state index contributed by atoms with van der Waals surface area (Å²) >= 11 is 0. The summed E-state index contributed by atoms with van der Waals surface area (Å²) in [5.74, 6) is 1.29. The Hall–Kier alpha value is -0.970. The third kappa shape index (κ3) is 3.10. The molecule has 1 heterocycles. The third-order valence-corrected chi connectivity index (χ3v) is 2.05. The molecule has 1 atom stereocenters. The van der Waals surface area contributed by atoms with Gasteiger partial charge < -0.3 is 5.73 Å². The quantitative estimate of drug-likeness (QED) is 0.704. The van der Waals surface area contributed by atoms with Gasteiger partial charge in [0.25, 0.3) is 0 Å². The van der Waals surface area contributed by atoms with E-state index in [0.717, 1.165) is 25.1 Å². The molecular formula is C8H17N5. The number of rotatable bonds is 5. The molecule has 1 unspecified atom stereocenters. The van der Waals surface area contributed by atoms with Crippen LogP contribution in [-0.4, -0.2) is 26.8 Å². The van der Waals surface area contributed by atoms with Crippen LogP contribution < -0.4 is 5.73 Å². The molecule has 5 heteroatoms. The van der Waals surface area contributed by atoms with Crippen molar-refractivity contribution < 1.29 is 0 Å². The maximum absolute atomic E-state index is 5.63. The molecule has 74 valence electrons. The van der Waals surface area contributed by atoms with Crippen molar-refractivity contribution in [1.82, 2.24) is 20.2 Å². The molecule has 0 amide bonds. The van der Waals surface area contributed by atoms with Crippen LogP contribution in [-0.2, 0) is 13.5 Å². The van der Waals surface area contributed by atoms with Gasteiger partial charge in [-0.3, -0.25) is 0 Å². The highest BCUT2D eigenvalue weighted by molar-refractivity contribution is 4.81. The van der Waals surface area contributed by atoms with Crippen LogP contribution in [0.1, 0.15) is 25.6 Å². The lowest BCUT2D eigenvalue weighted by molar-refractivity contribution is 0.475. The smallest absolute Gasteiger partial charge is 0.175 e. The molecule has 1 aromatic heterocycles. The molecule has 13 heavy (non-hydrogen) atoms. The van der Waals surface area contributed by atoms with Crippen molar-refractivity contribution in [2.24, 2.45) is 18.7 Å². The number of tetrazole rings is 1. The second kappa shape index (κ2) is 4.91. The summed E-state index contributed by atoms with van der Waals surface area (Å²) in [6.45, 7) is 2.86. The van der Waals surface area contributed by atoms with Gasteiger partial charge in [-0.1, -0.05) is 13.3 Å². The summed E-state index contributed by atoms with van der Waals surface area (Å²) in [5.41, 5.74) is 5.63. The first kappa shape index (κ1) is 10.1. The van der Waals surface area contributed by atoms with E-state index in [-0.39, 0.29) is 0 Å². The van der Waals surface area contributed by atoms with Crippen LogP contribution in [0.2, 0.25) is 0 Å². The molecule has 0 fully saturated rings. The first-order valence-corrected chi connectivity index (χ1v) is 4.69. The minimum absolute atomic E-state index is 0.495. The van der Waals surface area contributed by atoms with E-state index in [1.165, 1.54) is 4.80 Å². The van der Waals surface area contributed by atoms with E-state index in [4.69, 9.17) is 5.73 Å². The third-order valence-electron chi connectivity index (χ3n) is 2.05. The second-order valence-corrected chi connectivity index (χ2v) is 3.29. The van der Waals surface area contributed by atoms with Gasteiger partial charge in [0.15, 0.2) is 5.82 Å². The van der Waals surface area contributed by atoms with Crippen molar-refractivity contribution in [3.63, 3.8) is 0 Å². The van der Waals surface area contributed by atoms with Crippen LogP contribution in [0.3, 0.4) is 0 Å². The van der Waals surface area contributed by atoms with Crippen LogP contribution in [0.15, 0.2) is 0 Å². The number of hydrogen-bond acceptors (Lipinski definition) is 4. The van der Waals surface area contributed by atoms with Gasteiger partial charge in [-0.15, -0.1) is 10.2 Å². The first-order valence-electron chi connectivity index (χ1n) is 4.69. The minimum Gasteiger partial charge on any atom is -0.330 e. The normalized spacial score (nSPS) is 13.2. The van der Waals surface area contributed by atoms with Gasteiger partial charge in [0.05, 0.1) is 7.05 Å². The highest BCUT2D eigenvalue weighted by Gasteiger charge is 2.09. The predicted molar refractivity (Wildman–Crippen MR) is 50.0 cm³/mol. The van der Waals surface area contributed by atoms with Crippen molar-refractivity contribution in [2.45, 2.75) is 26.2 Å². The van der Waals surface area contributed by atoms with Crippen LogP contribution in [0.4, 0.5) is 0 Å².